The standard InChI is InChI=1S/C15H16N2O2/c1-11(9-12-5-3-2-4-6-12)17-14-10-16-8-7-13(14)15(18)19/h2-8,10-11,17H,9H2,1H3,(H,18,19). The van der Waals surface area contributed by atoms with Gasteiger partial charge in [0.05, 0.1) is 17.4 Å². The van der Waals surface area contributed by atoms with Gasteiger partial charge in [0.15, 0.2) is 0 Å². The Balaban J connectivity index is 2.07. The molecule has 1 aromatic carbocycles. The second-order valence-corrected chi connectivity index (χ2v) is 4.46. The van der Waals surface area contributed by atoms with Gasteiger partial charge in [-0.15, -0.1) is 0 Å². The fourth-order valence-corrected chi connectivity index (χ4v) is 1.98. The second-order valence-electron chi connectivity index (χ2n) is 4.46. The van der Waals surface area contributed by atoms with Gasteiger partial charge in [0.25, 0.3) is 0 Å². The van der Waals surface area contributed by atoms with E-state index in [1.165, 1.54) is 17.8 Å². The second kappa shape index (κ2) is 6.00. The Labute approximate surface area is 112 Å². The Hall–Kier alpha value is -2.36. The maximum atomic E-state index is 11.1. The number of nitrogens with zero attached hydrogens (tertiary/aromatic N) is 1. The fraction of sp³-hybridized carbons (Fsp3) is 0.200. The highest BCUT2D eigenvalue weighted by molar-refractivity contribution is 5.93. The molecule has 0 aliphatic rings. The van der Waals surface area contributed by atoms with E-state index in [2.05, 4.69) is 22.4 Å². The summed E-state index contributed by atoms with van der Waals surface area (Å²) in [5.41, 5.74) is 2.01. The van der Waals surface area contributed by atoms with Crippen molar-refractivity contribution in [1.82, 2.24) is 4.98 Å². The highest BCUT2D eigenvalue weighted by Crippen LogP contribution is 2.15. The average molecular weight is 256 g/mol. The van der Waals surface area contributed by atoms with Crippen LogP contribution in [-0.4, -0.2) is 22.1 Å². The Morgan fingerprint density at radius 1 is 1.32 bits per heavy atom. The normalized spacial score (nSPS) is 11.8. The van der Waals surface area contributed by atoms with Gasteiger partial charge in [-0.2, -0.15) is 0 Å². The van der Waals surface area contributed by atoms with Crippen molar-refractivity contribution in [2.45, 2.75) is 19.4 Å². The number of carboxylic acid groups (broad SMARTS) is 1. The molecule has 1 aromatic heterocycles. The molecule has 0 radical (unpaired) electrons. The van der Waals surface area contributed by atoms with Crippen LogP contribution in [0.15, 0.2) is 48.8 Å². The number of carbonyl (C=O) groups is 1. The predicted molar refractivity (Wildman–Crippen MR) is 74.4 cm³/mol. The van der Waals surface area contributed by atoms with Crippen molar-refractivity contribution in [3.05, 3.63) is 59.9 Å². The van der Waals surface area contributed by atoms with E-state index >= 15 is 0 Å². The minimum Gasteiger partial charge on any atom is -0.478 e. The van der Waals surface area contributed by atoms with Crippen LogP contribution in [0.1, 0.15) is 22.8 Å². The number of nitrogens with one attached hydrogen (secondary N) is 1. The molecule has 0 aliphatic heterocycles. The van der Waals surface area contributed by atoms with E-state index in [9.17, 15) is 4.79 Å². The Kier molecular flexibility index (Phi) is 4.13. The molecule has 19 heavy (non-hydrogen) atoms. The van der Waals surface area contributed by atoms with Crippen molar-refractivity contribution < 1.29 is 9.90 Å². The molecular weight excluding hydrogens is 240 g/mol. The van der Waals surface area contributed by atoms with Crippen LogP contribution < -0.4 is 5.32 Å². The van der Waals surface area contributed by atoms with Crippen molar-refractivity contribution in [3.63, 3.8) is 0 Å². The third-order valence-corrected chi connectivity index (χ3v) is 2.84. The van der Waals surface area contributed by atoms with Gasteiger partial charge in [0.1, 0.15) is 0 Å². The number of hydrogen-bond donors (Lipinski definition) is 2. The van der Waals surface area contributed by atoms with E-state index in [1.807, 2.05) is 25.1 Å². The number of anilines is 1. The summed E-state index contributed by atoms with van der Waals surface area (Å²) < 4.78 is 0. The van der Waals surface area contributed by atoms with Crippen LogP contribution in [-0.2, 0) is 6.42 Å². The van der Waals surface area contributed by atoms with Crippen LogP contribution in [0.3, 0.4) is 0 Å². The van der Waals surface area contributed by atoms with E-state index < -0.39 is 5.97 Å². The van der Waals surface area contributed by atoms with Gasteiger partial charge in [-0.3, -0.25) is 4.98 Å². The molecule has 0 bridgehead atoms. The van der Waals surface area contributed by atoms with Gasteiger partial charge < -0.3 is 10.4 Å². The third-order valence-electron chi connectivity index (χ3n) is 2.84. The number of hydrogen-bond acceptors (Lipinski definition) is 3. The number of pyridine rings is 1. The summed E-state index contributed by atoms with van der Waals surface area (Å²) in [7, 11) is 0. The van der Waals surface area contributed by atoms with Crippen molar-refractivity contribution >= 4 is 11.7 Å². The topological polar surface area (TPSA) is 62.2 Å². The lowest BCUT2D eigenvalue weighted by Crippen LogP contribution is -2.20. The Morgan fingerprint density at radius 3 is 2.74 bits per heavy atom. The number of carboxylic acids is 1. The molecule has 0 fully saturated rings. The van der Waals surface area contributed by atoms with Gasteiger partial charge in [-0.25, -0.2) is 4.79 Å². The molecule has 2 rings (SSSR count). The highest BCUT2D eigenvalue weighted by atomic mass is 16.4. The first-order valence-electron chi connectivity index (χ1n) is 6.14. The zero-order chi connectivity index (χ0) is 13.7. The average Bonchev–Trinajstić information content (AvgIpc) is 2.40. The molecule has 0 saturated carbocycles. The molecule has 0 saturated heterocycles. The number of rotatable bonds is 5. The summed E-state index contributed by atoms with van der Waals surface area (Å²) in [6.45, 7) is 2.02. The van der Waals surface area contributed by atoms with E-state index in [0.29, 0.717) is 5.69 Å². The molecule has 2 aromatic rings. The summed E-state index contributed by atoms with van der Waals surface area (Å²) in [4.78, 5) is 15.1. The molecule has 0 spiro atoms. The van der Waals surface area contributed by atoms with E-state index in [1.54, 1.807) is 6.20 Å². The van der Waals surface area contributed by atoms with Gasteiger partial charge in [-0.1, -0.05) is 30.3 Å². The van der Waals surface area contributed by atoms with Gasteiger partial charge >= 0.3 is 5.97 Å². The lowest BCUT2D eigenvalue weighted by atomic mass is 10.1. The quantitative estimate of drug-likeness (QED) is 0.863. The smallest absolute Gasteiger partial charge is 0.337 e. The van der Waals surface area contributed by atoms with E-state index in [-0.39, 0.29) is 11.6 Å². The number of aromatic carboxylic acids is 1. The number of benzene rings is 1. The summed E-state index contributed by atoms with van der Waals surface area (Å²) in [5.74, 6) is -0.947. The summed E-state index contributed by atoms with van der Waals surface area (Å²) in [6, 6.07) is 11.7. The minimum atomic E-state index is -0.947. The molecule has 1 unspecified atom stereocenters. The third kappa shape index (κ3) is 3.55. The van der Waals surface area contributed by atoms with E-state index in [0.717, 1.165) is 6.42 Å². The SMILES string of the molecule is CC(Cc1ccccc1)Nc1cnccc1C(=O)O. The van der Waals surface area contributed by atoms with Crippen LogP contribution in [0.4, 0.5) is 5.69 Å². The monoisotopic (exact) mass is 256 g/mol. The van der Waals surface area contributed by atoms with Crippen LogP contribution in [0.2, 0.25) is 0 Å². The van der Waals surface area contributed by atoms with Crippen LogP contribution in [0.25, 0.3) is 0 Å². The molecule has 0 amide bonds. The fourth-order valence-electron chi connectivity index (χ4n) is 1.98. The summed E-state index contributed by atoms with van der Waals surface area (Å²) in [5, 5.41) is 12.3. The van der Waals surface area contributed by atoms with E-state index in [4.69, 9.17) is 5.11 Å². The molecule has 4 heteroatoms. The van der Waals surface area contributed by atoms with Crippen LogP contribution >= 0.6 is 0 Å². The molecule has 4 nitrogen and oxygen atoms in total. The first-order valence-corrected chi connectivity index (χ1v) is 6.14. The number of aromatic nitrogens is 1. The van der Waals surface area contributed by atoms with Gasteiger partial charge in [0, 0.05) is 12.2 Å². The van der Waals surface area contributed by atoms with Crippen LogP contribution in [0, 0.1) is 0 Å². The lowest BCUT2D eigenvalue weighted by molar-refractivity contribution is 0.0698. The molecular formula is C15H16N2O2. The molecule has 2 N–H and O–H groups in total. The zero-order valence-corrected chi connectivity index (χ0v) is 10.7. The van der Waals surface area contributed by atoms with Gasteiger partial charge in [0.2, 0.25) is 0 Å². The highest BCUT2D eigenvalue weighted by Gasteiger charge is 2.11. The Morgan fingerprint density at radius 2 is 2.05 bits per heavy atom. The first-order chi connectivity index (χ1) is 9.16. The van der Waals surface area contributed by atoms with Gasteiger partial charge in [-0.05, 0) is 25.0 Å². The first kappa shape index (κ1) is 13.1. The van der Waals surface area contributed by atoms with Crippen molar-refractivity contribution in [1.29, 1.82) is 0 Å². The molecule has 1 heterocycles. The van der Waals surface area contributed by atoms with Crippen molar-refractivity contribution in [2.24, 2.45) is 0 Å². The maximum absolute atomic E-state index is 11.1. The van der Waals surface area contributed by atoms with Crippen molar-refractivity contribution in [3.8, 4) is 0 Å². The molecule has 0 aliphatic carbocycles. The molecule has 98 valence electrons. The summed E-state index contributed by atoms with van der Waals surface area (Å²) >= 11 is 0. The minimum absolute atomic E-state index is 0.129. The lowest BCUT2D eigenvalue weighted by Gasteiger charge is -2.16. The largest absolute Gasteiger partial charge is 0.478 e. The zero-order valence-electron chi connectivity index (χ0n) is 10.7. The van der Waals surface area contributed by atoms with Crippen LogP contribution in [0.5, 0.6) is 0 Å². The Bertz CT molecular complexity index is 555. The summed E-state index contributed by atoms with van der Waals surface area (Å²) in [6.07, 6.45) is 3.86. The van der Waals surface area contributed by atoms with Crippen molar-refractivity contribution in [2.75, 3.05) is 5.32 Å². The predicted octanol–water partition coefficient (Wildman–Crippen LogP) is 2.82. The molecule has 1 atom stereocenters. The maximum Gasteiger partial charge on any atom is 0.337 e.